The number of likely N-dealkylation sites (N-methyl/N-ethyl adjacent to an activating group) is 1. The van der Waals surface area contributed by atoms with Gasteiger partial charge in [0.05, 0.1) is 14.2 Å². The summed E-state index contributed by atoms with van der Waals surface area (Å²) in [5, 5.41) is 2.95. The Hall–Kier alpha value is -4.06. The zero-order chi connectivity index (χ0) is 27.6. The minimum absolute atomic E-state index is 0. The number of nitrogens with zero attached hydrogens (tertiary/aromatic N) is 1. The Balaban J connectivity index is 0.00000441. The maximum absolute atomic E-state index is 12.5. The van der Waals surface area contributed by atoms with Gasteiger partial charge in [0.2, 0.25) is 5.91 Å². The van der Waals surface area contributed by atoms with Crippen molar-refractivity contribution in [3.63, 3.8) is 0 Å². The number of benzene rings is 4. The number of rotatable bonds is 11. The summed E-state index contributed by atoms with van der Waals surface area (Å²) in [6.07, 6.45) is 4.32. The number of carbonyl (C=O) groups is 1. The number of ether oxygens (including phenoxy) is 2. The number of hydrogen-bond acceptors (Lipinski definition) is 4. The van der Waals surface area contributed by atoms with Gasteiger partial charge in [0.1, 0.15) is 0 Å². The van der Waals surface area contributed by atoms with Crippen molar-refractivity contribution in [3.05, 3.63) is 119 Å². The summed E-state index contributed by atoms with van der Waals surface area (Å²) in [7, 11) is 5.40. The predicted molar refractivity (Wildman–Crippen MR) is 168 cm³/mol. The predicted octanol–water partition coefficient (Wildman–Crippen LogP) is 7.43. The van der Waals surface area contributed by atoms with E-state index in [-0.39, 0.29) is 18.3 Å². The van der Waals surface area contributed by atoms with Gasteiger partial charge in [-0.2, -0.15) is 0 Å². The highest BCUT2D eigenvalue weighted by atomic mass is 35.5. The molecule has 40 heavy (non-hydrogen) atoms. The lowest BCUT2D eigenvalue weighted by Crippen LogP contribution is -2.20. The third kappa shape index (κ3) is 8.73. The van der Waals surface area contributed by atoms with Gasteiger partial charge in [-0.25, -0.2) is 0 Å². The molecule has 0 unspecified atom stereocenters. The maximum Gasteiger partial charge on any atom is 0.248 e. The molecule has 4 rings (SSSR count). The normalized spacial score (nSPS) is 10.8. The number of halogens is 1. The van der Waals surface area contributed by atoms with Gasteiger partial charge >= 0.3 is 0 Å². The standard InChI is InChI=1S/C34H36N2O3.ClH/c1-25-8-14-29(15-9-25)30-7-5-6-26(22-30)13-19-34(37)35-31-16-10-28(11-17-31)24-36(2)21-20-27-12-18-32(38-3)33(23-27)39-4;/h5-19,22-23H,20-21,24H2,1-4H3,(H,35,37);1H. The number of amides is 1. The maximum atomic E-state index is 12.5. The molecule has 4 aromatic carbocycles. The molecule has 6 heteroatoms. The molecule has 1 N–H and O–H groups in total. The third-order valence-corrected chi connectivity index (χ3v) is 6.60. The smallest absolute Gasteiger partial charge is 0.248 e. The molecule has 5 nitrogen and oxygen atoms in total. The quantitative estimate of drug-likeness (QED) is 0.195. The summed E-state index contributed by atoms with van der Waals surface area (Å²) < 4.78 is 10.7. The molecule has 0 radical (unpaired) electrons. The Morgan fingerprint density at radius 3 is 2.23 bits per heavy atom. The minimum Gasteiger partial charge on any atom is -0.493 e. The third-order valence-electron chi connectivity index (χ3n) is 6.60. The van der Waals surface area contributed by atoms with Crippen molar-refractivity contribution < 1.29 is 14.3 Å². The summed E-state index contributed by atoms with van der Waals surface area (Å²) in [5.41, 5.74) is 7.66. The molecule has 0 aliphatic rings. The van der Waals surface area contributed by atoms with Gasteiger partial charge in [0.15, 0.2) is 11.5 Å². The molecular weight excluding hydrogens is 520 g/mol. The molecule has 0 atom stereocenters. The Morgan fingerprint density at radius 1 is 0.825 bits per heavy atom. The number of anilines is 1. The zero-order valence-electron chi connectivity index (χ0n) is 23.5. The first-order chi connectivity index (χ1) is 18.9. The van der Waals surface area contributed by atoms with Gasteiger partial charge in [-0.1, -0.05) is 66.2 Å². The molecular formula is C34H37ClN2O3. The average Bonchev–Trinajstić information content (AvgIpc) is 2.96. The topological polar surface area (TPSA) is 50.8 Å². The van der Waals surface area contributed by atoms with Crippen molar-refractivity contribution in [2.45, 2.75) is 19.9 Å². The van der Waals surface area contributed by atoms with Crippen LogP contribution in [0.5, 0.6) is 11.5 Å². The van der Waals surface area contributed by atoms with E-state index < -0.39 is 0 Å². The first-order valence-electron chi connectivity index (χ1n) is 13.1. The van der Waals surface area contributed by atoms with Crippen LogP contribution in [0.25, 0.3) is 17.2 Å². The van der Waals surface area contributed by atoms with Crippen LogP contribution in [0.2, 0.25) is 0 Å². The first kappa shape index (κ1) is 30.5. The van der Waals surface area contributed by atoms with Crippen LogP contribution in [0.4, 0.5) is 5.69 Å². The van der Waals surface area contributed by atoms with Crippen molar-refractivity contribution in [1.29, 1.82) is 0 Å². The van der Waals surface area contributed by atoms with E-state index in [2.05, 4.69) is 78.8 Å². The van der Waals surface area contributed by atoms with E-state index >= 15 is 0 Å². The Morgan fingerprint density at radius 2 is 1.52 bits per heavy atom. The van der Waals surface area contributed by atoms with Crippen LogP contribution in [0.15, 0.2) is 97.1 Å². The van der Waals surface area contributed by atoms with Crippen molar-refractivity contribution >= 4 is 30.1 Å². The largest absolute Gasteiger partial charge is 0.493 e. The van der Waals surface area contributed by atoms with Crippen molar-refractivity contribution in [1.82, 2.24) is 4.90 Å². The van der Waals surface area contributed by atoms with E-state index in [0.717, 1.165) is 53.4 Å². The van der Waals surface area contributed by atoms with Gasteiger partial charge in [0, 0.05) is 24.9 Å². The van der Waals surface area contributed by atoms with Gasteiger partial charge in [-0.15, -0.1) is 12.4 Å². The lowest BCUT2D eigenvalue weighted by Gasteiger charge is -2.17. The van der Waals surface area contributed by atoms with Crippen molar-refractivity contribution in [2.24, 2.45) is 0 Å². The molecule has 0 spiro atoms. The van der Waals surface area contributed by atoms with E-state index in [1.165, 1.54) is 16.7 Å². The summed E-state index contributed by atoms with van der Waals surface area (Å²) >= 11 is 0. The fourth-order valence-electron chi connectivity index (χ4n) is 4.36. The Kier molecular flexibility index (Phi) is 11.4. The van der Waals surface area contributed by atoms with E-state index in [1.807, 2.05) is 42.5 Å². The highest BCUT2D eigenvalue weighted by Crippen LogP contribution is 2.28. The lowest BCUT2D eigenvalue weighted by molar-refractivity contribution is -0.111. The lowest BCUT2D eigenvalue weighted by atomic mass is 10.0. The molecule has 0 aliphatic heterocycles. The van der Waals surface area contributed by atoms with Crippen LogP contribution in [0.1, 0.15) is 22.3 Å². The molecule has 4 aromatic rings. The summed E-state index contributed by atoms with van der Waals surface area (Å²) in [4.78, 5) is 14.8. The molecule has 1 amide bonds. The van der Waals surface area contributed by atoms with E-state index in [0.29, 0.717) is 0 Å². The molecule has 208 valence electrons. The second kappa shape index (κ2) is 14.9. The molecule has 0 aromatic heterocycles. The number of nitrogens with one attached hydrogen (secondary N) is 1. The Bertz CT molecular complexity index is 1420. The van der Waals surface area contributed by atoms with Crippen LogP contribution in [-0.2, 0) is 17.8 Å². The molecule has 0 aliphatic carbocycles. The Labute approximate surface area is 243 Å². The second-order valence-electron chi connectivity index (χ2n) is 9.69. The summed E-state index contributed by atoms with van der Waals surface area (Å²) in [6.45, 7) is 3.81. The van der Waals surface area contributed by atoms with Crippen LogP contribution in [-0.4, -0.2) is 38.6 Å². The minimum atomic E-state index is -0.157. The molecule has 0 fully saturated rings. The fourth-order valence-corrected chi connectivity index (χ4v) is 4.36. The van der Waals surface area contributed by atoms with Gasteiger partial charge in [-0.05, 0) is 84.6 Å². The fraction of sp³-hybridized carbons (Fsp3) is 0.206. The van der Waals surface area contributed by atoms with Gasteiger partial charge < -0.3 is 19.7 Å². The SMILES string of the molecule is COc1ccc(CCN(C)Cc2ccc(NC(=O)C=Cc3cccc(-c4ccc(C)cc4)c3)cc2)cc1OC.Cl. The average molecular weight is 557 g/mol. The van der Waals surface area contributed by atoms with Crippen molar-refractivity contribution in [2.75, 3.05) is 33.1 Å². The summed E-state index contributed by atoms with van der Waals surface area (Å²) in [5.74, 6) is 1.33. The van der Waals surface area contributed by atoms with Crippen LogP contribution >= 0.6 is 12.4 Å². The number of carbonyl (C=O) groups excluding carboxylic acids is 1. The number of aryl methyl sites for hydroxylation is 1. The van der Waals surface area contributed by atoms with Crippen LogP contribution < -0.4 is 14.8 Å². The highest BCUT2D eigenvalue weighted by molar-refractivity contribution is 6.02. The van der Waals surface area contributed by atoms with Crippen molar-refractivity contribution in [3.8, 4) is 22.6 Å². The van der Waals surface area contributed by atoms with E-state index in [1.54, 1.807) is 20.3 Å². The van der Waals surface area contributed by atoms with Crippen LogP contribution in [0.3, 0.4) is 0 Å². The molecule has 0 bridgehead atoms. The first-order valence-corrected chi connectivity index (χ1v) is 13.1. The van der Waals surface area contributed by atoms with E-state index in [9.17, 15) is 4.79 Å². The highest BCUT2D eigenvalue weighted by Gasteiger charge is 2.07. The number of methoxy groups -OCH3 is 2. The zero-order valence-corrected chi connectivity index (χ0v) is 24.3. The number of hydrogen-bond donors (Lipinski definition) is 1. The monoisotopic (exact) mass is 556 g/mol. The van der Waals surface area contributed by atoms with E-state index in [4.69, 9.17) is 9.47 Å². The molecule has 0 saturated heterocycles. The molecule has 0 heterocycles. The summed E-state index contributed by atoms with van der Waals surface area (Å²) in [6, 6.07) is 30.7. The second-order valence-corrected chi connectivity index (χ2v) is 9.69. The van der Waals surface area contributed by atoms with Gasteiger partial charge in [-0.3, -0.25) is 4.79 Å². The van der Waals surface area contributed by atoms with Crippen LogP contribution in [0, 0.1) is 6.92 Å². The van der Waals surface area contributed by atoms with Gasteiger partial charge in [0.25, 0.3) is 0 Å². The molecule has 0 saturated carbocycles.